The molecule has 0 saturated heterocycles. The van der Waals surface area contributed by atoms with Gasteiger partial charge in [0.05, 0.1) is 17.7 Å². The maximum Gasteiger partial charge on any atom is 0.264 e. The molecule has 0 aromatic heterocycles. The molecule has 0 saturated carbocycles. The first-order valence-corrected chi connectivity index (χ1v) is 17.7. The van der Waals surface area contributed by atoms with Crippen LogP contribution in [0.25, 0.3) is 0 Å². The summed E-state index contributed by atoms with van der Waals surface area (Å²) in [5.41, 5.74) is 1.60. The van der Waals surface area contributed by atoms with Crippen LogP contribution in [-0.2, 0) is 32.6 Å². The van der Waals surface area contributed by atoms with Gasteiger partial charge in [0.25, 0.3) is 10.0 Å². The maximum absolute atomic E-state index is 14.7. The Balaban J connectivity index is 1.89. The average Bonchev–Trinajstić information content (AvgIpc) is 3.02. The number of nitrogens with zero attached hydrogens (tertiary/aromatic N) is 2. The number of carbonyl (C=O) groups is 2. The van der Waals surface area contributed by atoms with E-state index in [0.29, 0.717) is 10.6 Å². The summed E-state index contributed by atoms with van der Waals surface area (Å²) in [7, 11) is -2.97. The number of halogens is 3. The number of benzene rings is 4. The van der Waals surface area contributed by atoms with Crippen LogP contribution in [0.4, 0.5) is 5.69 Å². The summed E-state index contributed by atoms with van der Waals surface area (Å²) in [6, 6.07) is 23.9. The maximum atomic E-state index is 14.7. The van der Waals surface area contributed by atoms with Crippen LogP contribution in [0.3, 0.4) is 0 Å². The van der Waals surface area contributed by atoms with Crippen molar-refractivity contribution in [2.24, 2.45) is 0 Å². The van der Waals surface area contributed by atoms with E-state index in [9.17, 15) is 18.0 Å². The molecule has 4 aromatic rings. The molecular formula is C36H38Cl3N3O5S. The molecule has 2 amide bonds. The molecule has 0 unspecified atom stereocenters. The summed E-state index contributed by atoms with van der Waals surface area (Å²) in [6.45, 7) is 6.56. The monoisotopic (exact) mass is 729 g/mol. The fourth-order valence-corrected chi connectivity index (χ4v) is 7.10. The van der Waals surface area contributed by atoms with Crippen molar-refractivity contribution >= 4 is 62.3 Å². The van der Waals surface area contributed by atoms with Gasteiger partial charge in [-0.3, -0.25) is 13.9 Å². The summed E-state index contributed by atoms with van der Waals surface area (Å²) in [5, 5.41) is 3.92. The smallest absolute Gasteiger partial charge is 0.264 e. The zero-order valence-electron chi connectivity index (χ0n) is 27.3. The molecule has 0 bridgehead atoms. The van der Waals surface area contributed by atoms with Crippen LogP contribution in [0.1, 0.15) is 37.5 Å². The van der Waals surface area contributed by atoms with Crippen LogP contribution in [0.15, 0.2) is 95.9 Å². The molecule has 12 heteroatoms. The first-order valence-electron chi connectivity index (χ1n) is 15.1. The highest BCUT2D eigenvalue weighted by Crippen LogP contribution is 2.35. The lowest BCUT2D eigenvalue weighted by molar-refractivity contribution is -0.140. The SMILES string of the molecule is COc1ccc(Cl)cc1N(CC(=O)N(Cc1ccc(Cl)cc1Cl)[C@H](Cc1ccccc1)C(=O)NC(C)(C)C)S(=O)(=O)c1ccc(C)cc1. The highest BCUT2D eigenvalue weighted by molar-refractivity contribution is 7.92. The highest BCUT2D eigenvalue weighted by Gasteiger charge is 2.36. The Hall–Kier alpha value is -3.76. The third-order valence-electron chi connectivity index (χ3n) is 7.42. The highest BCUT2D eigenvalue weighted by atomic mass is 35.5. The van der Waals surface area contributed by atoms with E-state index in [1.54, 1.807) is 36.4 Å². The first kappa shape index (κ1) is 37.1. The molecular weight excluding hydrogens is 693 g/mol. The predicted molar refractivity (Wildman–Crippen MR) is 193 cm³/mol. The van der Waals surface area contributed by atoms with Gasteiger partial charge in [-0.15, -0.1) is 0 Å². The Morgan fingerprint density at radius 3 is 2.10 bits per heavy atom. The Morgan fingerprint density at radius 1 is 0.875 bits per heavy atom. The molecule has 254 valence electrons. The molecule has 0 spiro atoms. The lowest BCUT2D eigenvalue weighted by atomic mass is 10.0. The van der Waals surface area contributed by atoms with Crippen LogP contribution < -0.4 is 14.4 Å². The van der Waals surface area contributed by atoms with Gasteiger partial charge in [-0.2, -0.15) is 0 Å². The van der Waals surface area contributed by atoms with E-state index in [1.165, 1.54) is 36.3 Å². The van der Waals surface area contributed by atoms with Gasteiger partial charge in [-0.05, 0) is 81.3 Å². The quantitative estimate of drug-likeness (QED) is 0.161. The molecule has 1 N–H and O–H groups in total. The number of hydrogen-bond donors (Lipinski definition) is 1. The normalized spacial score (nSPS) is 12.2. The summed E-state index contributed by atoms with van der Waals surface area (Å²) in [5.74, 6) is -0.900. The lowest BCUT2D eigenvalue weighted by Crippen LogP contribution is -2.56. The van der Waals surface area contributed by atoms with Crippen molar-refractivity contribution in [2.75, 3.05) is 18.0 Å². The van der Waals surface area contributed by atoms with Gasteiger partial charge in [0.2, 0.25) is 11.8 Å². The Labute approximate surface area is 297 Å². The van der Waals surface area contributed by atoms with E-state index in [0.717, 1.165) is 15.4 Å². The van der Waals surface area contributed by atoms with Crippen molar-refractivity contribution in [3.05, 3.63) is 123 Å². The summed E-state index contributed by atoms with van der Waals surface area (Å²) in [4.78, 5) is 30.1. The van der Waals surface area contributed by atoms with Gasteiger partial charge in [0.15, 0.2) is 0 Å². The van der Waals surface area contributed by atoms with Gasteiger partial charge in [-0.1, -0.05) is 88.9 Å². The van der Waals surface area contributed by atoms with E-state index in [1.807, 2.05) is 58.0 Å². The van der Waals surface area contributed by atoms with E-state index in [-0.39, 0.29) is 39.3 Å². The van der Waals surface area contributed by atoms with Gasteiger partial charge in [0.1, 0.15) is 18.3 Å². The fraction of sp³-hybridized carbons (Fsp3) is 0.278. The Morgan fingerprint density at radius 2 is 1.50 bits per heavy atom. The summed E-state index contributed by atoms with van der Waals surface area (Å²) >= 11 is 19.1. The number of hydrogen-bond acceptors (Lipinski definition) is 5. The second kappa shape index (κ2) is 15.6. The van der Waals surface area contributed by atoms with Crippen molar-refractivity contribution in [1.82, 2.24) is 10.2 Å². The average molecular weight is 731 g/mol. The number of anilines is 1. The Bertz CT molecular complexity index is 1860. The van der Waals surface area contributed by atoms with Crippen LogP contribution in [-0.4, -0.2) is 50.4 Å². The number of ether oxygens (including phenoxy) is 1. The summed E-state index contributed by atoms with van der Waals surface area (Å²) < 4.78 is 35.2. The fourth-order valence-electron chi connectivity index (χ4n) is 5.05. The minimum absolute atomic E-state index is 0.0402. The number of aryl methyl sites for hydroxylation is 1. The molecule has 48 heavy (non-hydrogen) atoms. The number of carbonyl (C=O) groups excluding carboxylic acids is 2. The minimum atomic E-state index is -4.37. The molecule has 0 heterocycles. The number of sulfonamides is 1. The van der Waals surface area contributed by atoms with Gasteiger partial charge in [-0.25, -0.2) is 8.42 Å². The molecule has 4 aromatic carbocycles. The van der Waals surface area contributed by atoms with Crippen molar-refractivity contribution in [1.29, 1.82) is 0 Å². The number of methoxy groups -OCH3 is 1. The molecule has 0 aliphatic heterocycles. The topological polar surface area (TPSA) is 96.0 Å². The number of amides is 2. The third-order valence-corrected chi connectivity index (χ3v) is 10.0. The Kier molecular flexibility index (Phi) is 12.1. The van der Waals surface area contributed by atoms with Crippen LogP contribution in [0.2, 0.25) is 15.1 Å². The van der Waals surface area contributed by atoms with Crippen molar-refractivity contribution in [3.63, 3.8) is 0 Å². The van der Waals surface area contributed by atoms with Crippen molar-refractivity contribution in [2.45, 2.75) is 57.1 Å². The van der Waals surface area contributed by atoms with Crippen molar-refractivity contribution in [3.8, 4) is 5.75 Å². The molecule has 0 radical (unpaired) electrons. The van der Waals surface area contributed by atoms with Crippen LogP contribution >= 0.6 is 34.8 Å². The predicted octanol–water partition coefficient (Wildman–Crippen LogP) is 7.71. The van der Waals surface area contributed by atoms with Gasteiger partial charge >= 0.3 is 0 Å². The van der Waals surface area contributed by atoms with Gasteiger partial charge < -0.3 is 15.0 Å². The third kappa shape index (κ3) is 9.44. The molecule has 0 aliphatic rings. The zero-order chi connectivity index (χ0) is 35.2. The first-order chi connectivity index (χ1) is 22.6. The van der Waals surface area contributed by atoms with E-state index < -0.39 is 40.0 Å². The number of rotatable bonds is 12. The molecule has 1 atom stereocenters. The number of nitrogens with one attached hydrogen (secondary N) is 1. The van der Waals surface area contributed by atoms with Crippen LogP contribution in [0.5, 0.6) is 5.75 Å². The second-order valence-corrected chi connectivity index (χ2v) is 15.5. The standard InChI is InChI=1S/C36H38Cl3N3O5S/c1-24-11-16-29(17-12-24)48(45,46)42(31-21-28(38)15-18-33(31)47-5)23-34(43)41(22-26-13-14-27(37)20-30(26)39)32(35(44)40-36(2,3)4)19-25-9-7-6-8-10-25/h6-18,20-21,32H,19,22-23H2,1-5H3,(H,40,44)/t32-/m1/s1. The molecule has 4 rings (SSSR count). The molecule has 0 aliphatic carbocycles. The van der Waals surface area contributed by atoms with Crippen LogP contribution in [0, 0.1) is 6.92 Å². The van der Waals surface area contributed by atoms with E-state index in [4.69, 9.17) is 39.5 Å². The van der Waals surface area contributed by atoms with E-state index >= 15 is 0 Å². The largest absolute Gasteiger partial charge is 0.495 e. The molecule has 0 fully saturated rings. The minimum Gasteiger partial charge on any atom is -0.495 e. The molecule has 8 nitrogen and oxygen atoms in total. The summed E-state index contributed by atoms with van der Waals surface area (Å²) in [6.07, 6.45) is 0.144. The lowest BCUT2D eigenvalue weighted by Gasteiger charge is -2.35. The second-order valence-electron chi connectivity index (χ2n) is 12.3. The zero-order valence-corrected chi connectivity index (χ0v) is 30.4. The van der Waals surface area contributed by atoms with Crippen molar-refractivity contribution < 1.29 is 22.7 Å². The van der Waals surface area contributed by atoms with E-state index in [2.05, 4.69) is 5.32 Å². The van der Waals surface area contributed by atoms with Gasteiger partial charge in [0, 0.05) is 33.6 Å².